The zero-order valence-corrected chi connectivity index (χ0v) is 19.5. The number of hydrogen-bond donors (Lipinski definition) is 2. The van der Waals surface area contributed by atoms with Gasteiger partial charge < -0.3 is 15.2 Å². The molecule has 2 N–H and O–H groups in total. The van der Waals surface area contributed by atoms with Gasteiger partial charge in [-0.1, -0.05) is 40.3 Å². The van der Waals surface area contributed by atoms with Crippen LogP contribution >= 0.6 is 28.1 Å². The van der Waals surface area contributed by atoms with E-state index in [9.17, 15) is 9.18 Å². The van der Waals surface area contributed by atoms with Gasteiger partial charge in [-0.2, -0.15) is 0 Å². The zero-order chi connectivity index (χ0) is 22.0. The molecule has 0 aliphatic carbocycles. The molecule has 1 aliphatic rings. The molecular weight excluding hydrogens is 477 g/mol. The maximum absolute atomic E-state index is 13.4. The Morgan fingerprint density at radius 1 is 1.13 bits per heavy atom. The first-order valence-electron chi connectivity index (χ1n) is 10.2. The van der Waals surface area contributed by atoms with E-state index in [0.29, 0.717) is 29.2 Å². The molecule has 2 heterocycles. The summed E-state index contributed by atoms with van der Waals surface area (Å²) < 4.78 is 14.8. The van der Waals surface area contributed by atoms with Crippen LogP contribution in [-0.2, 0) is 0 Å². The van der Waals surface area contributed by atoms with Crippen LogP contribution in [0.15, 0.2) is 59.2 Å². The van der Waals surface area contributed by atoms with Crippen LogP contribution < -0.4 is 5.32 Å². The standard InChI is InChI=1S/C24H23BrFN3OS/c1-15-22(28-20-8-4-18(25)5-9-20)21(14-27-23(15)31)24(30)29-12-10-17(11-13-29)16-2-6-19(26)7-3-16/h2-9,14,17H,10-13H2,1H3,(H2,27,28,31). The highest BCUT2D eigenvalue weighted by molar-refractivity contribution is 9.10. The predicted octanol–water partition coefficient (Wildman–Crippen LogP) is 6.72. The molecule has 3 aromatic rings. The average Bonchev–Trinajstić information content (AvgIpc) is 2.79. The van der Waals surface area contributed by atoms with Gasteiger partial charge in [0.05, 0.1) is 11.3 Å². The lowest BCUT2D eigenvalue weighted by atomic mass is 9.89. The second kappa shape index (κ2) is 9.32. The summed E-state index contributed by atoms with van der Waals surface area (Å²) in [4.78, 5) is 18.3. The van der Waals surface area contributed by atoms with Gasteiger partial charge in [0, 0.05) is 35.0 Å². The summed E-state index contributed by atoms with van der Waals surface area (Å²) in [6.45, 7) is 3.23. The molecule has 0 bridgehead atoms. The molecule has 0 atom stereocenters. The summed E-state index contributed by atoms with van der Waals surface area (Å²) in [6, 6.07) is 14.5. The van der Waals surface area contributed by atoms with Crippen molar-refractivity contribution in [2.45, 2.75) is 25.7 Å². The molecule has 0 unspecified atom stereocenters. The highest BCUT2D eigenvalue weighted by Crippen LogP contribution is 2.31. The number of rotatable bonds is 4. The van der Waals surface area contributed by atoms with Gasteiger partial charge >= 0.3 is 0 Å². The van der Waals surface area contributed by atoms with E-state index in [1.807, 2.05) is 48.2 Å². The molecule has 0 saturated carbocycles. The Morgan fingerprint density at radius 2 is 1.77 bits per heavy atom. The molecule has 1 fully saturated rings. The summed E-state index contributed by atoms with van der Waals surface area (Å²) in [5.74, 6) is 0.0961. The Hall–Kier alpha value is -2.51. The van der Waals surface area contributed by atoms with E-state index >= 15 is 0 Å². The first-order chi connectivity index (χ1) is 14.9. The third-order valence-corrected chi connectivity index (χ3v) is 6.75. The minimum Gasteiger partial charge on any atom is -0.355 e. The number of carbonyl (C=O) groups excluding carboxylic acids is 1. The number of anilines is 2. The van der Waals surface area contributed by atoms with Crippen molar-refractivity contribution in [3.8, 4) is 0 Å². The number of pyridine rings is 1. The monoisotopic (exact) mass is 499 g/mol. The van der Waals surface area contributed by atoms with E-state index in [1.165, 1.54) is 12.1 Å². The SMILES string of the molecule is Cc1c(Nc2ccc(Br)cc2)c(C(=O)N2CCC(c3ccc(F)cc3)CC2)c[nH]c1=S. The number of aromatic nitrogens is 1. The number of hydrogen-bond acceptors (Lipinski definition) is 3. The van der Waals surface area contributed by atoms with Gasteiger partial charge in [-0.15, -0.1) is 0 Å². The minimum absolute atomic E-state index is 0.0217. The number of piperidine rings is 1. The maximum Gasteiger partial charge on any atom is 0.257 e. The van der Waals surface area contributed by atoms with E-state index in [1.54, 1.807) is 6.20 Å². The molecule has 7 heteroatoms. The van der Waals surface area contributed by atoms with Crippen molar-refractivity contribution >= 4 is 45.4 Å². The number of nitrogens with one attached hydrogen (secondary N) is 2. The number of halogens is 2. The fraction of sp³-hybridized carbons (Fsp3) is 0.250. The molecule has 1 aliphatic heterocycles. The molecule has 1 saturated heterocycles. The third-order valence-electron chi connectivity index (χ3n) is 5.80. The number of aromatic amines is 1. The Balaban J connectivity index is 1.53. The van der Waals surface area contributed by atoms with Crippen LogP contribution in [0.1, 0.15) is 40.2 Å². The van der Waals surface area contributed by atoms with Gasteiger partial charge in [-0.25, -0.2) is 4.39 Å². The largest absolute Gasteiger partial charge is 0.355 e. The summed E-state index contributed by atoms with van der Waals surface area (Å²) in [6.07, 6.45) is 3.41. The number of likely N-dealkylation sites (tertiary alicyclic amines) is 1. The van der Waals surface area contributed by atoms with Crippen LogP contribution in [0, 0.1) is 17.4 Å². The Morgan fingerprint density at radius 3 is 2.42 bits per heavy atom. The predicted molar refractivity (Wildman–Crippen MR) is 128 cm³/mol. The number of amides is 1. The number of carbonyl (C=O) groups is 1. The van der Waals surface area contributed by atoms with Crippen LogP contribution in [0.3, 0.4) is 0 Å². The van der Waals surface area contributed by atoms with Gasteiger partial charge in [0.25, 0.3) is 5.91 Å². The van der Waals surface area contributed by atoms with Crippen LogP contribution in [0.4, 0.5) is 15.8 Å². The Labute approximate surface area is 194 Å². The maximum atomic E-state index is 13.4. The quantitative estimate of drug-likeness (QED) is 0.391. The van der Waals surface area contributed by atoms with E-state index in [4.69, 9.17) is 12.2 Å². The number of H-pyrrole nitrogens is 1. The Bertz CT molecular complexity index is 1140. The summed E-state index contributed by atoms with van der Waals surface area (Å²) in [7, 11) is 0. The van der Waals surface area contributed by atoms with Crippen molar-refractivity contribution < 1.29 is 9.18 Å². The van der Waals surface area contributed by atoms with Crippen LogP contribution in [0.25, 0.3) is 0 Å². The second-order valence-corrected chi connectivity index (χ2v) is 9.11. The van der Waals surface area contributed by atoms with E-state index in [-0.39, 0.29) is 11.7 Å². The molecule has 0 radical (unpaired) electrons. The van der Waals surface area contributed by atoms with E-state index in [0.717, 1.165) is 39.8 Å². The fourth-order valence-electron chi connectivity index (χ4n) is 3.96. The van der Waals surface area contributed by atoms with Gasteiger partial charge in [-0.3, -0.25) is 4.79 Å². The van der Waals surface area contributed by atoms with Crippen LogP contribution in [0.2, 0.25) is 0 Å². The summed E-state index contributed by atoms with van der Waals surface area (Å²) in [5.41, 5.74) is 4.16. The molecule has 2 aromatic carbocycles. The number of nitrogens with zero attached hydrogens (tertiary/aromatic N) is 1. The van der Waals surface area contributed by atoms with Gasteiger partial charge in [0.2, 0.25) is 0 Å². The van der Waals surface area contributed by atoms with E-state index < -0.39 is 0 Å². The van der Waals surface area contributed by atoms with Crippen molar-refractivity contribution in [3.05, 3.63) is 86.3 Å². The third kappa shape index (κ3) is 4.88. The molecule has 160 valence electrons. The minimum atomic E-state index is -0.223. The first kappa shape index (κ1) is 21.7. The molecule has 31 heavy (non-hydrogen) atoms. The molecular formula is C24H23BrFN3OS. The van der Waals surface area contributed by atoms with Crippen molar-refractivity contribution in [1.82, 2.24) is 9.88 Å². The summed E-state index contributed by atoms with van der Waals surface area (Å²) >= 11 is 8.85. The molecule has 0 spiro atoms. The molecule has 4 nitrogen and oxygen atoms in total. The lowest BCUT2D eigenvalue weighted by molar-refractivity contribution is 0.0713. The molecule has 1 aromatic heterocycles. The fourth-order valence-corrected chi connectivity index (χ4v) is 4.39. The lowest BCUT2D eigenvalue weighted by Gasteiger charge is -2.33. The lowest BCUT2D eigenvalue weighted by Crippen LogP contribution is -2.38. The highest BCUT2D eigenvalue weighted by atomic mass is 79.9. The highest BCUT2D eigenvalue weighted by Gasteiger charge is 2.26. The average molecular weight is 500 g/mol. The molecule has 4 rings (SSSR count). The first-order valence-corrected chi connectivity index (χ1v) is 11.4. The normalized spacial score (nSPS) is 14.5. The topological polar surface area (TPSA) is 48.1 Å². The van der Waals surface area contributed by atoms with Crippen molar-refractivity contribution in [2.75, 3.05) is 18.4 Å². The van der Waals surface area contributed by atoms with Crippen LogP contribution in [0.5, 0.6) is 0 Å². The van der Waals surface area contributed by atoms with Gasteiger partial charge in [0.1, 0.15) is 10.5 Å². The van der Waals surface area contributed by atoms with E-state index in [2.05, 4.69) is 26.2 Å². The number of benzene rings is 2. The zero-order valence-electron chi connectivity index (χ0n) is 17.1. The second-order valence-electron chi connectivity index (χ2n) is 7.78. The van der Waals surface area contributed by atoms with Crippen molar-refractivity contribution in [2.24, 2.45) is 0 Å². The van der Waals surface area contributed by atoms with Crippen molar-refractivity contribution in [3.63, 3.8) is 0 Å². The Kier molecular flexibility index (Phi) is 6.53. The van der Waals surface area contributed by atoms with Gasteiger partial charge in [0.15, 0.2) is 0 Å². The van der Waals surface area contributed by atoms with Crippen molar-refractivity contribution in [1.29, 1.82) is 0 Å². The van der Waals surface area contributed by atoms with Crippen LogP contribution in [-0.4, -0.2) is 28.9 Å². The van der Waals surface area contributed by atoms with Gasteiger partial charge in [-0.05, 0) is 67.6 Å². The smallest absolute Gasteiger partial charge is 0.257 e. The molecule has 1 amide bonds. The summed E-state index contributed by atoms with van der Waals surface area (Å²) in [5, 5.41) is 3.38.